The van der Waals surface area contributed by atoms with Crippen molar-refractivity contribution in [2.24, 2.45) is 5.41 Å². The van der Waals surface area contributed by atoms with Crippen LogP contribution in [0.1, 0.15) is 33.6 Å². The Kier molecular flexibility index (Phi) is 4.99. The van der Waals surface area contributed by atoms with Gasteiger partial charge in [0, 0.05) is 32.6 Å². The number of amides is 2. The third-order valence-corrected chi connectivity index (χ3v) is 2.96. The van der Waals surface area contributed by atoms with E-state index < -0.39 is 0 Å². The van der Waals surface area contributed by atoms with Gasteiger partial charge >= 0.3 is 6.09 Å². The van der Waals surface area contributed by atoms with Crippen molar-refractivity contribution < 1.29 is 14.3 Å². The maximum absolute atomic E-state index is 12.1. The van der Waals surface area contributed by atoms with Crippen molar-refractivity contribution in [2.75, 3.05) is 33.3 Å². The summed E-state index contributed by atoms with van der Waals surface area (Å²) in [6, 6.07) is 0. The van der Waals surface area contributed by atoms with Crippen molar-refractivity contribution in [3.8, 4) is 0 Å². The Labute approximate surface area is 109 Å². The van der Waals surface area contributed by atoms with Crippen LogP contribution in [0.3, 0.4) is 0 Å². The standard InChI is InChI=1S/C13H24N2O3/c1-13(2,3)10-11(16)14-6-5-7-15(9-8-14)12(17)18-4/h5-10H2,1-4H3. The molecule has 0 atom stereocenters. The van der Waals surface area contributed by atoms with Crippen LogP contribution in [0.5, 0.6) is 0 Å². The quantitative estimate of drug-likeness (QED) is 0.718. The Morgan fingerprint density at radius 3 is 2.17 bits per heavy atom. The van der Waals surface area contributed by atoms with Crippen molar-refractivity contribution in [3.63, 3.8) is 0 Å². The van der Waals surface area contributed by atoms with E-state index in [2.05, 4.69) is 20.8 Å². The molecule has 1 aliphatic rings. The molecule has 0 aromatic carbocycles. The second kappa shape index (κ2) is 6.07. The van der Waals surface area contributed by atoms with E-state index in [1.54, 1.807) is 4.90 Å². The molecular weight excluding hydrogens is 232 g/mol. The zero-order valence-corrected chi connectivity index (χ0v) is 11.9. The third kappa shape index (κ3) is 4.55. The minimum Gasteiger partial charge on any atom is -0.453 e. The van der Waals surface area contributed by atoms with Crippen LogP contribution in [0, 0.1) is 5.41 Å². The van der Waals surface area contributed by atoms with Crippen LogP contribution in [0.2, 0.25) is 0 Å². The molecule has 0 aromatic rings. The topological polar surface area (TPSA) is 49.9 Å². The average molecular weight is 256 g/mol. The number of hydrogen-bond donors (Lipinski definition) is 0. The second-order valence-electron chi connectivity index (χ2n) is 5.93. The van der Waals surface area contributed by atoms with E-state index in [9.17, 15) is 9.59 Å². The number of methoxy groups -OCH3 is 1. The smallest absolute Gasteiger partial charge is 0.409 e. The first-order valence-electron chi connectivity index (χ1n) is 6.44. The van der Waals surface area contributed by atoms with Crippen LogP contribution in [0.4, 0.5) is 4.79 Å². The summed E-state index contributed by atoms with van der Waals surface area (Å²) in [5, 5.41) is 0. The Morgan fingerprint density at radius 1 is 1.06 bits per heavy atom. The molecule has 1 rings (SSSR count). The molecule has 0 unspecified atom stereocenters. The maximum Gasteiger partial charge on any atom is 0.409 e. The van der Waals surface area contributed by atoms with E-state index >= 15 is 0 Å². The van der Waals surface area contributed by atoms with E-state index in [1.807, 2.05) is 4.90 Å². The maximum atomic E-state index is 12.1. The summed E-state index contributed by atoms with van der Waals surface area (Å²) in [6.45, 7) is 8.72. The summed E-state index contributed by atoms with van der Waals surface area (Å²) in [5.41, 5.74) is 0.00538. The Balaban J connectivity index is 2.51. The van der Waals surface area contributed by atoms with Gasteiger partial charge in [-0.25, -0.2) is 4.79 Å². The first kappa shape index (κ1) is 14.8. The monoisotopic (exact) mass is 256 g/mol. The van der Waals surface area contributed by atoms with Gasteiger partial charge in [0.2, 0.25) is 5.91 Å². The lowest BCUT2D eigenvalue weighted by Gasteiger charge is -2.25. The van der Waals surface area contributed by atoms with Gasteiger partial charge in [0.15, 0.2) is 0 Å². The molecule has 1 heterocycles. The minimum atomic E-state index is -0.305. The van der Waals surface area contributed by atoms with Gasteiger partial charge in [-0.1, -0.05) is 20.8 Å². The zero-order valence-electron chi connectivity index (χ0n) is 11.9. The number of hydrogen-bond acceptors (Lipinski definition) is 3. The number of nitrogens with zero attached hydrogens (tertiary/aromatic N) is 2. The highest BCUT2D eigenvalue weighted by molar-refractivity contribution is 5.77. The van der Waals surface area contributed by atoms with Crippen LogP contribution in [-0.2, 0) is 9.53 Å². The first-order chi connectivity index (χ1) is 8.33. The van der Waals surface area contributed by atoms with Crippen LogP contribution in [0.15, 0.2) is 0 Å². The van der Waals surface area contributed by atoms with E-state index in [0.717, 1.165) is 13.0 Å². The molecule has 0 aliphatic carbocycles. The molecule has 5 nitrogen and oxygen atoms in total. The van der Waals surface area contributed by atoms with Crippen LogP contribution < -0.4 is 0 Å². The molecule has 0 saturated carbocycles. The van der Waals surface area contributed by atoms with Gasteiger partial charge in [-0.2, -0.15) is 0 Å². The largest absolute Gasteiger partial charge is 0.453 e. The van der Waals surface area contributed by atoms with Crippen molar-refractivity contribution in [1.29, 1.82) is 0 Å². The normalized spacial score (nSPS) is 17.3. The van der Waals surface area contributed by atoms with E-state index in [1.165, 1.54) is 7.11 Å². The molecule has 1 saturated heterocycles. The highest BCUT2D eigenvalue weighted by Crippen LogP contribution is 2.20. The average Bonchev–Trinajstić information content (AvgIpc) is 2.51. The van der Waals surface area contributed by atoms with E-state index in [-0.39, 0.29) is 17.4 Å². The summed E-state index contributed by atoms with van der Waals surface area (Å²) in [4.78, 5) is 27.0. The van der Waals surface area contributed by atoms with Crippen LogP contribution in [-0.4, -0.2) is 55.1 Å². The summed E-state index contributed by atoms with van der Waals surface area (Å²) in [6.07, 6.45) is 1.05. The molecule has 0 aromatic heterocycles. The van der Waals surface area contributed by atoms with E-state index in [4.69, 9.17) is 4.74 Å². The van der Waals surface area contributed by atoms with Crippen molar-refractivity contribution in [2.45, 2.75) is 33.6 Å². The predicted octanol–water partition coefficient (Wildman–Crippen LogP) is 1.72. The SMILES string of the molecule is COC(=O)N1CCCN(C(=O)CC(C)(C)C)CC1. The molecule has 5 heteroatoms. The lowest BCUT2D eigenvalue weighted by atomic mass is 9.91. The summed E-state index contributed by atoms with van der Waals surface area (Å²) < 4.78 is 4.71. The first-order valence-corrected chi connectivity index (χ1v) is 6.44. The van der Waals surface area contributed by atoms with Gasteiger partial charge in [0.25, 0.3) is 0 Å². The molecule has 0 bridgehead atoms. The highest BCUT2D eigenvalue weighted by Gasteiger charge is 2.25. The summed E-state index contributed by atoms with van der Waals surface area (Å²) in [7, 11) is 1.38. The fourth-order valence-corrected chi connectivity index (χ4v) is 2.04. The van der Waals surface area contributed by atoms with Crippen molar-refractivity contribution in [1.82, 2.24) is 9.80 Å². The number of carbonyl (C=O) groups excluding carboxylic acids is 2. The number of carbonyl (C=O) groups is 2. The van der Waals surface area contributed by atoms with Crippen molar-refractivity contribution >= 4 is 12.0 Å². The second-order valence-corrected chi connectivity index (χ2v) is 5.93. The number of rotatable bonds is 1. The predicted molar refractivity (Wildman–Crippen MR) is 69.2 cm³/mol. The molecule has 18 heavy (non-hydrogen) atoms. The fraction of sp³-hybridized carbons (Fsp3) is 0.846. The molecule has 0 N–H and O–H groups in total. The number of ether oxygens (including phenoxy) is 1. The molecule has 2 amide bonds. The summed E-state index contributed by atoms with van der Waals surface area (Å²) in [5.74, 6) is 0.175. The third-order valence-electron chi connectivity index (χ3n) is 2.96. The van der Waals surface area contributed by atoms with E-state index in [0.29, 0.717) is 26.1 Å². The molecule has 1 fully saturated rings. The molecule has 0 spiro atoms. The Bertz CT molecular complexity index is 310. The van der Waals surface area contributed by atoms with Crippen molar-refractivity contribution in [3.05, 3.63) is 0 Å². The lowest BCUT2D eigenvalue weighted by molar-refractivity contribution is -0.132. The molecule has 0 radical (unpaired) electrons. The highest BCUT2D eigenvalue weighted by atomic mass is 16.5. The van der Waals surface area contributed by atoms with Gasteiger partial charge in [-0.15, -0.1) is 0 Å². The van der Waals surface area contributed by atoms with Gasteiger partial charge < -0.3 is 14.5 Å². The van der Waals surface area contributed by atoms with Crippen LogP contribution in [0.25, 0.3) is 0 Å². The molecule has 104 valence electrons. The van der Waals surface area contributed by atoms with Gasteiger partial charge in [0.1, 0.15) is 0 Å². The van der Waals surface area contributed by atoms with Gasteiger partial charge in [0.05, 0.1) is 7.11 Å². The summed E-state index contributed by atoms with van der Waals surface area (Å²) >= 11 is 0. The van der Waals surface area contributed by atoms with Gasteiger partial charge in [-0.3, -0.25) is 4.79 Å². The van der Waals surface area contributed by atoms with Crippen LogP contribution >= 0.6 is 0 Å². The van der Waals surface area contributed by atoms with Gasteiger partial charge in [-0.05, 0) is 11.8 Å². The Morgan fingerprint density at radius 2 is 1.61 bits per heavy atom. The molecular formula is C13H24N2O3. The molecule has 1 aliphatic heterocycles. The minimum absolute atomic E-state index is 0.00538. The lowest BCUT2D eigenvalue weighted by Crippen LogP contribution is -2.38. The Hall–Kier alpha value is -1.26. The zero-order chi connectivity index (χ0) is 13.8. The fourth-order valence-electron chi connectivity index (χ4n) is 2.04.